The highest BCUT2D eigenvalue weighted by Gasteiger charge is 2.08. The van der Waals surface area contributed by atoms with Crippen molar-refractivity contribution in [3.8, 4) is 0 Å². The first-order valence-corrected chi connectivity index (χ1v) is 8.85. The van der Waals surface area contributed by atoms with E-state index in [9.17, 15) is 9.18 Å². The van der Waals surface area contributed by atoms with Crippen LogP contribution in [-0.2, 0) is 12.8 Å². The van der Waals surface area contributed by atoms with Crippen LogP contribution >= 0.6 is 0 Å². The van der Waals surface area contributed by atoms with Crippen molar-refractivity contribution < 1.29 is 9.18 Å². The third-order valence-electron chi connectivity index (χ3n) is 4.17. The Morgan fingerprint density at radius 1 is 1.04 bits per heavy atom. The van der Waals surface area contributed by atoms with Crippen molar-refractivity contribution in [2.24, 2.45) is 0 Å². The zero-order valence-corrected chi connectivity index (χ0v) is 15.1. The molecule has 1 aromatic heterocycles. The quantitative estimate of drug-likeness (QED) is 0.667. The molecule has 0 saturated carbocycles. The average molecular weight is 364 g/mol. The summed E-state index contributed by atoms with van der Waals surface area (Å²) in [5, 5.41) is 5.99. The van der Waals surface area contributed by atoms with Crippen LogP contribution in [0.4, 0.5) is 16.0 Å². The summed E-state index contributed by atoms with van der Waals surface area (Å²) in [5.41, 5.74) is 3.48. The molecule has 0 unspecified atom stereocenters. The molecular formula is C21H21FN4O. The van der Waals surface area contributed by atoms with Gasteiger partial charge in [-0.25, -0.2) is 14.4 Å². The molecule has 6 heteroatoms. The summed E-state index contributed by atoms with van der Waals surface area (Å²) in [6.45, 7) is 2.54. The van der Waals surface area contributed by atoms with Gasteiger partial charge in [-0.15, -0.1) is 0 Å². The lowest BCUT2D eigenvalue weighted by Crippen LogP contribution is -2.26. The van der Waals surface area contributed by atoms with E-state index in [0.29, 0.717) is 24.5 Å². The third kappa shape index (κ3) is 5.10. The molecule has 0 aliphatic heterocycles. The van der Waals surface area contributed by atoms with Crippen molar-refractivity contribution in [2.45, 2.75) is 19.8 Å². The largest absolute Gasteiger partial charge is 0.352 e. The third-order valence-corrected chi connectivity index (χ3v) is 4.17. The average Bonchev–Trinajstić information content (AvgIpc) is 2.70. The smallest absolute Gasteiger partial charge is 0.254 e. The number of nitrogens with zero attached hydrogens (tertiary/aromatic N) is 2. The van der Waals surface area contributed by atoms with Crippen molar-refractivity contribution >= 4 is 17.5 Å². The lowest BCUT2D eigenvalue weighted by Gasteiger charge is -2.10. The Morgan fingerprint density at radius 3 is 2.44 bits per heavy atom. The number of benzene rings is 2. The number of anilines is 2. The molecule has 0 saturated heterocycles. The van der Waals surface area contributed by atoms with Crippen molar-refractivity contribution in [1.29, 1.82) is 0 Å². The van der Waals surface area contributed by atoms with Gasteiger partial charge in [0.05, 0.1) is 5.56 Å². The fourth-order valence-corrected chi connectivity index (χ4v) is 2.65. The van der Waals surface area contributed by atoms with Gasteiger partial charge in [-0.1, -0.05) is 37.3 Å². The summed E-state index contributed by atoms with van der Waals surface area (Å²) in [6.07, 6.45) is 4.52. The maximum Gasteiger partial charge on any atom is 0.254 e. The van der Waals surface area contributed by atoms with E-state index in [-0.39, 0.29) is 11.7 Å². The van der Waals surface area contributed by atoms with Crippen LogP contribution in [0.2, 0.25) is 0 Å². The highest BCUT2D eigenvalue weighted by molar-refractivity contribution is 5.93. The van der Waals surface area contributed by atoms with Crippen LogP contribution in [0.1, 0.15) is 28.4 Å². The second kappa shape index (κ2) is 8.89. The van der Waals surface area contributed by atoms with E-state index in [0.717, 1.165) is 17.7 Å². The molecule has 3 aromatic rings. The van der Waals surface area contributed by atoms with Crippen LogP contribution in [0.5, 0.6) is 0 Å². The zero-order chi connectivity index (χ0) is 19.1. The standard InChI is InChI=1S/C21H21FN4O/c1-2-16-5-3-4-6-19(16)26-21-24-13-17(14-25-21)20(27)23-12-11-15-7-9-18(22)10-8-15/h3-10,13-14H,2,11-12H2,1H3,(H,23,27)(H,24,25,26). The van der Waals surface area contributed by atoms with E-state index >= 15 is 0 Å². The van der Waals surface area contributed by atoms with Crippen molar-refractivity contribution in [3.05, 3.63) is 83.4 Å². The van der Waals surface area contributed by atoms with Gasteiger partial charge >= 0.3 is 0 Å². The number of amides is 1. The van der Waals surface area contributed by atoms with Crippen LogP contribution in [0, 0.1) is 5.82 Å². The summed E-state index contributed by atoms with van der Waals surface area (Å²) in [4.78, 5) is 20.6. The Balaban J connectivity index is 1.54. The van der Waals surface area contributed by atoms with Gasteiger partial charge in [0.15, 0.2) is 0 Å². The highest BCUT2D eigenvalue weighted by Crippen LogP contribution is 2.18. The van der Waals surface area contributed by atoms with Crippen molar-refractivity contribution in [3.63, 3.8) is 0 Å². The Morgan fingerprint density at radius 2 is 1.74 bits per heavy atom. The van der Waals surface area contributed by atoms with Crippen LogP contribution in [-0.4, -0.2) is 22.4 Å². The maximum absolute atomic E-state index is 12.9. The molecule has 5 nitrogen and oxygen atoms in total. The van der Waals surface area contributed by atoms with Crippen LogP contribution in [0.25, 0.3) is 0 Å². The first kappa shape index (κ1) is 18.5. The Labute approximate surface area is 157 Å². The Hall–Kier alpha value is -3.28. The number of aryl methyl sites for hydroxylation is 1. The van der Waals surface area contributed by atoms with E-state index in [2.05, 4.69) is 27.5 Å². The molecule has 138 valence electrons. The van der Waals surface area contributed by atoms with Gasteiger partial charge in [-0.05, 0) is 42.2 Å². The minimum atomic E-state index is -0.268. The minimum Gasteiger partial charge on any atom is -0.352 e. The summed E-state index contributed by atoms with van der Waals surface area (Å²) in [6, 6.07) is 14.2. The molecule has 0 aliphatic rings. The molecule has 0 radical (unpaired) electrons. The molecule has 0 aliphatic carbocycles. The maximum atomic E-state index is 12.9. The van der Waals surface area contributed by atoms with Crippen molar-refractivity contribution in [1.82, 2.24) is 15.3 Å². The zero-order valence-electron chi connectivity index (χ0n) is 15.1. The number of para-hydroxylation sites is 1. The molecule has 0 spiro atoms. The Bertz CT molecular complexity index is 895. The fourth-order valence-electron chi connectivity index (χ4n) is 2.65. The number of rotatable bonds is 7. The molecule has 3 rings (SSSR count). The summed E-state index contributed by atoms with van der Waals surface area (Å²) < 4.78 is 12.9. The topological polar surface area (TPSA) is 66.9 Å². The van der Waals surface area contributed by atoms with E-state index in [4.69, 9.17) is 0 Å². The minimum absolute atomic E-state index is 0.238. The van der Waals surface area contributed by atoms with E-state index in [1.807, 2.05) is 24.3 Å². The van der Waals surface area contributed by atoms with E-state index < -0.39 is 0 Å². The molecule has 1 amide bonds. The van der Waals surface area contributed by atoms with E-state index in [1.165, 1.54) is 30.1 Å². The number of aromatic nitrogens is 2. The molecule has 0 bridgehead atoms. The van der Waals surface area contributed by atoms with Crippen molar-refractivity contribution in [2.75, 3.05) is 11.9 Å². The highest BCUT2D eigenvalue weighted by atomic mass is 19.1. The number of halogens is 1. The normalized spacial score (nSPS) is 10.4. The number of hydrogen-bond donors (Lipinski definition) is 2. The monoisotopic (exact) mass is 364 g/mol. The first-order valence-electron chi connectivity index (χ1n) is 8.85. The van der Waals surface area contributed by atoms with Gasteiger partial charge in [0.2, 0.25) is 5.95 Å². The van der Waals surface area contributed by atoms with Gasteiger partial charge in [0, 0.05) is 24.6 Å². The number of nitrogens with one attached hydrogen (secondary N) is 2. The second-order valence-corrected chi connectivity index (χ2v) is 6.06. The van der Waals surface area contributed by atoms with E-state index in [1.54, 1.807) is 12.1 Å². The summed E-state index contributed by atoms with van der Waals surface area (Å²) in [7, 11) is 0. The lowest BCUT2D eigenvalue weighted by atomic mass is 10.1. The van der Waals surface area contributed by atoms with Crippen LogP contribution in [0.15, 0.2) is 60.9 Å². The predicted molar refractivity (Wildman–Crippen MR) is 104 cm³/mol. The fraction of sp³-hybridized carbons (Fsp3) is 0.190. The second-order valence-electron chi connectivity index (χ2n) is 6.06. The molecular weight excluding hydrogens is 343 g/mol. The molecule has 2 N–H and O–H groups in total. The Kier molecular flexibility index (Phi) is 6.10. The number of hydrogen-bond acceptors (Lipinski definition) is 4. The predicted octanol–water partition coefficient (Wildman–Crippen LogP) is 3.89. The molecule has 27 heavy (non-hydrogen) atoms. The SMILES string of the molecule is CCc1ccccc1Nc1ncc(C(=O)NCCc2ccc(F)cc2)cn1. The number of carbonyl (C=O) groups excluding carboxylic acids is 1. The molecule has 0 atom stereocenters. The summed E-state index contributed by atoms with van der Waals surface area (Å²) >= 11 is 0. The van der Waals surface area contributed by atoms with Gasteiger partial charge in [-0.2, -0.15) is 0 Å². The molecule has 1 heterocycles. The van der Waals surface area contributed by atoms with Gasteiger partial charge < -0.3 is 10.6 Å². The van der Waals surface area contributed by atoms with Gasteiger partial charge in [0.1, 0.15) is 5.82 Å². The first-order chi connectivity index (χ1) is 13.2. The summed E-state index contributed by atoms with van der Waals surface area (Å²) in [5.74, 6) is -0.0634. The van der Waals surface area contributed by atoms with Crippen LogP contribution in [0.3, 0.4) is 0 Å². The molecule has 2 aromatic carbocycles. The van der Waals surface area contributed by atoms with Gasteiger partial charge in [0.25, 0.3) is 5.91 Å². The lowest BCUT2D eigenvalue weighted by molar-refractivity contribution is 0.0953. The van der Waals surface area contributed by atoms with Crippen LogP contribution < -0.4 is 10.6 Å². The molecule has 0 fully saturated rings. The van der Waals surface area contributed by atoms with Gasteiger partial charge in [-0.3, -0.25) is 4.79 Å². The number of carbonyl (C=O) groups is 1.